The molecule has 10 unspecified atom stereocenters. The van der Waals surface area contributed by atoms with Crippen LogP contribution in [0.1, 0.15) is 19.8 Å². The second-order valence-electron chi connectivity index (χ2n) is 13.3. The lowest BCUT2D eigenvalue weighted by Crippen LogP contribution is -2.35. The molecule has 9 heteroatoms. The van der Waals surface area contributed by atoms with Crippen molar-refractivity contribution in [1.82, 2.24) is 0 Å². The van der Waals surface area contributed by atoms with Crippen LogP contribution in [0.15, 0.2) is 72.8 Å². The van der Waals surface area contributed by atoms with E-state index in [2.05, 4.69) is 24.3 Å². The first-order valence-corrected chi connectivity index (χ1v) is 15.6. The first-order valence-electron chi connectivity index (χ1n) is 15.6. The molecule has 1 spiro atoms. The molecule has 2 saturated heterocycles. The van der Waals surface area contributed by atoms with Crippen LogP contribution in [-0.2, 0) is 23.9 Å². The summed E-state index contributed by atoms with van der Waals surface area (Å²) in [5.41, 5.74) is 1.30. The van der Waals surface area contributed by atoms with Crippen molar-refractivity contribution in [2.75, 3.05) is 23.0 Å². The van der Waals surface area contributed by atoms with Gasteiger partial charge in [-0.25, -0.2) is 0 Å². The minimum atomic E-state index is -0.550. The highest BCUT2D eigenvalue weighted by molar-refractivity contribution is 6.23. The molecule has 2 bridgehead atoms. The van der Waals surface area contributed by atoms with Gasteiger partial charge < -0.3 is 14.2 Å². The van der Waals surface area contributed by atoms with E-state index in [1.54, 1.807) is 55.5 Å². The molecule has 0 aromatic heterocycles. The number of amides is 4. The Morgan fingerprint density at radius 3 is 1.89 bits per heavy atom. The number of imide groups is 2. The average molecular weight is 593 g/mol. The summed E-state index contributed by atoms with van der Waals surface area (Å²) in [5.74, 6) is 0.937. The van der Waals surface area contributed by atoms with Gasteiger partial charge in [0, 0.05) is 0 Å². The number of carbonyl (C=O) groups is 4. The zero-order valence-corrected chi connectivity index (χ0v) is 24.2. The van der Waals surface area contributed by atoms with Crippen molar-refractivity contribution < 1.29 is 33.4 Å². The Morgan fingerprint density at radius 2 is 1.30 bits per heavy atom. The summed E-state index contributed by atoms with van der Waals surface area (Å²) >= 11 is 0. The molecule has 9 nitrogen and oxygen atoms in total. The van der Waals surface area contributed by atoms with Gasteiger partial charge in [-0.3, -0.25) is 29.0 Å². The number of carbonyl (C=O) groups excluding carboxylic acids is 4. The van der Waals surface area contributed by atoms with Crippen LogP contribution in [-0.4, -0.2) is 43.1 Å². The number of ether oxygens (including phenoxy) is 3. The Bertz CT molecular complexity index is 1630. The number of allylic oxidation sites excluding steroid dienone is 4. The number of hydrogen-bond donors (Lipinski definition) is 0. The quantitative estimate of drug-likeness (QED) is 0.187. The van der Waals surface area contributed by atoms with Crippen LogP contribution in [0.25, 0.3) is 0 Å². The summed E-state index contributed by atoms with van der Waals surface area (Å²) in [4.78, 5) is 55.2. The van der Waals surface area contributed by atoms with Crippen molar-refractivity contribution in [3.63, 3.8) is 0 Å². The Hall–Kier alpha value is -4.24. The highest BCUT2D eigenvalue weighted by atomic mass is 16.7. The van der Waals surface area contributed by atoms with E-state index in [1.807, 2.05) is 0 Å². The lowest BCUT2D eigenvalue weighted by Gasteiger charge is -2.30. The summed E-state index contributed by atoms with van der Waals surface area (Å²) in [5, 5.41) is 0. The molecular formula is C35H32N2O7. The molecule has 2 aliphatic heterocycles. The van der Waals surface area contributed by atoms with Gasteiger partial charge in [0.05, 0.1) is 41.7 Å². The second-order valence-corrected chi connectivity index (χ2v) is 13.3. The van der Waals surface area contributed by atoms with Crippen molar-refractivity contribution in [3.8, 4) is 11.5 Å². The van der Waals surface area contributed by atoms with E-state index in [1.165, 1.54) is 9.80 Å². The highest BCUT2D eigenvalue weighted by Gasteiger charge is 2.77. The topological polar surface area (TPSA) is 102 Å². The number of benzene rings is 2. The Labute approximate surface area is 254 Å². The van der Waals surface area contributed by atoms with Crippen LogP contribution in [0.4, 0.5) is 11.4 Å². The minimum Gasteiger partial charge on any atom is -0.491 e. The monoisotopic (exact) mass is 592 g/mol. The summed E-state index contributed by atoms with van der Waals surface area (Å²) in [6.07, 6.45) is 9.90. The number of rotatable bonds is 9. The Balaban J connectivity index is 0.751. The zero-order chi connectivity index (χ0) is 29.9. The minimum absolute atomic E-state index is 0.0670. The number of anilines is 2. The van der Waals surface area contributed by atoms with Gasteiger partial charge in [-0.05, 0) is 97.4 Å². The second kappa shape index (κ2) is 9.14. The maximum absolute atomic E-state index is 13.2. The molecular weight excluding hydrogens is 560 g/mol. The molecule has 0 N–H and O–H groups in total. The van der Waals surface area contributed by atoms with Crippen LogP contribution in [0.3, 0.4) is 0 Å². The normalized spacial score (nSPS) is 37.2. The first-order chi connectivity index (χ1) is 21.4. The number of hydrogen-bond acceptors (Lipinski definition) is 7. The number of fused-ring (bicyclic) bond motifs is 8. The predicted molar refractivity (Wildman–Crippen MR) is 157 cm³/mol. The van der Waals surface area contributed by atoms with Gasteiger partial charge in [0.1, 0.15) is 18.1 Å². The van der Waals surface area contributed by atoms with Crippen LogP contribution >= 0.6 is 0 Å². The lowest BCUT2D eigenvalue weighted by atomic mass is 9.74. The predicted octanol–water partition coefficient (Wildman–Crippen LogP) is 4.13. The average Bonchev–Trinajstić information content (AvgIpc) is 3.24. The highest BCUT2D eigenvalue weighted by Crippen LogP contribution is 2.77. The molecule has 2 aromatic rings. The van der Waals surface area contributed by atoms with Crippen molar-refractivity contribution in [1.29, 1.82) is 0 Å². The molecule has 2 heterocycles. The van der Waals surface area contributed by atoms with Crippen LogP contribution in [0, 0.1) is 52.8 Å². The van der Waals surface area contributed by atoms with Crippen LogP contribution < -0.4 is 19.3 Å². The fraction of sp³-hybridized carbons (Fsp3) is 0.429. The van der Waals surface area contributed by atoms with Gasteiger partial charge in [-0.15, -0.1) is 0 Å². The largest absolute Gasteiger partial charge is 0.491 e. The van der Waals surface area contributed by atoms with E-state index < -0.39 is 6.29 Å². The molecule has 2 aromatic carbocycles. The van der Waals surface area contributed by atoms with Crippen molar-refractivity contribution in [2.24, 2.45) is 52.8 Å². The molecule has 9 rings (SSSR count). The zero-order valence-electron chi connectivity index (χ0n) is 24.2. The van der Waals surface area contributed by atoms with Gasteiger partial charge in [-0.2, -0.15) is 0 Å². The molecule has 44 heavy (non-hydrogen) atoms. The smallest absolute Gasteiger partial charge is 0.238 e. The molecule has 3 saturated carbocycles. The van der Waals surface area contributed by atoms with Crippen molar-refractivity contribution in [3.05, 3.63) is 72.8 Å². The third-order valence-electron chi connectivity index (χ3n) is 11.2. The fourth-order valence-electron chi connectivity index (χ4n) is 9.16. The summed E-state index contributed by atoms with van der Waals surface area (Å²) in [7, 11) is 0. The lowest BCUT2D eigenvalue weighted by molar-refractivity contribution is -0.124. The molecule has 224 valence electrons. The summed E-state index contributed by atoms with van der Waals surface area (Å²) in [6, 6.07) is 14.0. The molecule has 4 amide bonds. The van der Waals surface area contributed by atoms with Gasteiger partial charge >= 0.3 is 0 Å². The SMILES string of the molecule is CC(OCCOc1ccc(N2C(=O)C3C4C=CC(C4)C3C2=O)cc1)Oc1ccc(N2C(=O)C3C(C2=O)C2CC24C=CC34)cc1. The van der Waals surface area contributed by atoms with Gasteiger partial charge in [0.2, 0.25) is 23.6 Å². The molecule has 10 atom stereocenters. The summed E-state index contributed by atoms with van der Waals surface area (Å²) < 4.78 is 17.4. The van der Waals surface area contributed by atoms with E-state index in [0.717, 1.165) is 12.8 Å². The third-order valence-corrected chi connectivity index (χ3v) is 11.2. The Morgan fingerprint density at radius 1 is 0.727 bits per heavy atom. The van der Waals surface area contributed by atoms with Gasteiger partial charge in [-0.1, -0.05) is 24.3 Å². The van der Waals surface area contributed by atoms with E-state index in [-0.39, 0.29) is 83.7 Å². The van der Waals surface area contributed by atoms with Crippen molar-refractivity contribution >= 4 is 35.0 Å². The van der Waals surface area contributed by atoms with E-state index in [9.17, 15) is 19.2 Å². The molecule has 7 aliphatic rings. The van der Waals surface area contributed by atoms with Crippen molar-refractivity contribution in [2.45, 2.75) is 26.1 Å². The molecule has 5 aliphatic carbocycles. The fourth-order valence-corrected chi connectivity index (χ4v) is 9.16. The molecule has 0 radical (unpaired) electrons. The van der Waals surface area contributed by atoms with E-state index in [0.29, 0.717) is 28.8 Å². The Kier molecular flexibility index (Phi) is 5.44. The standard InChI is InChI=1S/C35H32N2O7/c1-18(44-24-10-6-22(7-11-24)37-33(40)29-25-12-13-35(25)17-26(35)30(29)34(37)41)42-14-15-43-23-8-4-21(5-9-23)36-31(38)27-19-2-3-20(16-19)28(27)32(36)39/h2-13,18-20,25-30H,14-17H2,1H3. The van der Waals surface area contributed by atoms with E-state index >= 15 is 0 Å². The summed E-state index contributed by atoms with van der Waals surface area (Å²) in [6.45, 7) is 2.35. The number of nitrogens with zero attached hydrogens (tertiary/aromatic N) is 2. The van der Waals surface area contributed by atoms with Gasteiger partial charge in [0.25, 0.3) is 0 Å². The maximum atomic E-state index is 13.2. The van der Waals surface area contributed by atoms with E-state index in [4.69, 9.17) is 14.2 Å². The maximum Gasteiger partial charge on any atom is 0.238 e. The molecule has 5 fully saturated rings. The van der Waals surface area contributed by atoms with Crippen LogP contribution in [0.2, 0.25) is 0 Å². The first kappa shape index (κ1) is 26.2. The van der Waals surface area contributed by atoms with Gasteiger partial charge in [0.15, 0.2) is 6.29 Å². The third kappa shape index (κ3) is 3.50. The van der Waals surface area contributed by atoms with Crippen LogP contribution in [0.5, 0.6) is 11.5 Å².